The van der Waals surface area contributed by atoms with Crippen molar-refractivity contribution in [2.75, 3.05) is 33.8 Å². The lowest BCUT2D eigenvalue weighted by atomic mass is 10.2. The number of aliphatic imine (C=N–C) groups is 1. The maximum Gasteiger partial charge on any atom is 0.259 e. The van der Waals surface area contributed by atoms with Gasteiger partial charge in [0, 0.05) is 45.4 Å². The Hall–Kier alpha value is -2.75. The molecule has 33 heavy (non-hydrogen) atoms. The first kappa shape index (κ1) is 26.5. The first-order valence-electron chi connectivity index (χ1n) is 11.0. The Morgan fingerprint density at radius 1 is 1.09 bits per heavy atom. The molecule has 0 aliphatic carbocycles. The summed E-state index contributed by atoms with van der Waals surface area (Å²) in [6.45, 7) is 5.18. The maximum absolute atomic E-state index is 11.7. The van der Waals surface area contributed by atoms with Crippen LogP contribution in [0.3, 0.4) is 0 Å². The van der Waals surface area contributed by atoms with E-state index >= 15 is 0 Å². The van der Waals surface area contributed by atoms with E-state index in [4.69, 9.17) is 4.74 Å². The first-order chi connectivity index (χ1) is 15.6. The molecule has 0 atom stereocenters. The van der Waals surface area contributed by atoms with Gasteiger partial charge in [0.25, 0.3) is 5.91 Å². The van der Waals surface area contributed by atoms with E-state index in [-0.39, 0.29) is 36.5 Å². The zero-order chi connectivity index (χ0) is 22.8. The number of halogens is 1. The number of aryl methyl sites for hydroxylation is 1. The van der Waals surface area contributed by atoms with E-state index in [1.807, 2.05) is 24.3 Å². The number of nitrogens with one attached hydrogen (secondary N) is 2. The highest BCUT2D eigenvalue weighted by atomic mass is 127. The molecule has 0 saturated carbocycles. The van der Waals surface area contributed by atoms with Crippen LogP contribution >= 0.6 is 24.0 Å². The van der Waals surface area contributed by atoms with Gasteiger partial charge >= 0.3 is 0 Å². The van der Waals surface area contributed by atoms with Gasteiger partial charge in [0.1, 0.15) is 5.75 Å². The second-order valence-electron chi connectivity index (χ2n) is 7.77. The van der Waals surface area contributed by atoms with Crippen molar-refractivity contribution in [3.8, 4) is 5.75 Å². The first-order valence-corrected chi connectivity index (χ1v) is 11.0. The van der Waals surface area contributed by atoms with Crippen LogP contribution in [-0.2, 0) is 17.9 Å². The van der Waals surface area contributed by atoms with Crippen LogP contribution in [0.2, 0.25) is 0 Å². The summed E-state index contributed by atoms with van der Waals surface area (Å²) in [7, 11) is 3.43. The number of amides is 1. The standard InChI is InChI=1S/C25H33N5O2.HI/c1-4-26-25(27-14-8-15-30-16-13-21-10-5-6-12-23(21)30)28-18-20-9-7-11-22(17-20)32-19-24(31)29(2)3;/h5-7,9-13,16-17H,4,8,14-15,18-19H2,1-3H3,(H2,26,27,28);1H. The van der Waals surface area contributed by atoms with Gasteiger partial charge in [0.15, 0.2) is 12.6 Å². The highest BCUT2D eigenvalue weighted by Gasteiger charge is 2.06. The highest BCUT2D eigenvalue weighted by molar-refractivity contribution is 14.0. The number of carbonyl (C=O) groups excluding carboxylic acids is 1. The molecule has 2 N–H and O–H groups in total. The molecule has 1 heterocycles. The van der Waals surface area contributed by atoms with Crippen LogP contribution in [0.4, 0.5) is 0 Å². The summed E-state index contributed by atoms with van der Waals surface area (Å²) in [6, 6.07) is 18.3. The van der Waals surface area contributed by atoms with Gasteiger partial charge in [-0.15, -0.1) is 24.0 Å². The summed E-state index contributed by atoms with van der Waals surface area (Å²) in [6.07, 6.45) is 3.14. The van der Waals surface area contributed by atoms with Crippen LogP contribution in [0.15, 0.2) is 65.8 Å². The quantitative estimate of drug-likeness (QED) is 0.170. The fourth-order valence-electron chi connectivity index (χ4n) is 3.31. The molecule has 1 amide bonds. The number of para-hydroxylation sites is 1. The van der Waals surface area contributed by atoms with E-state index < -0.39 is 0 Å². The Morgan fingerprint density at radius 3 is 2.70 bits per heavy atom. The summed E-state index contributed by atoms with van der Waals surface area (Å²) < 4.78 is 7.88. The average Bonchev–Trinajstić information content (AvgIpc) is 3.22. The van der Waals surface area contributed by atoms with E-state index in [0.29, 0.717) is 12.3 Å². The third-order valence-electron chi connectivity index (χ3n) is 5.07. The summed E-state index contributed by atoms with van der Waals surface area (Å²) in [4.78, 5) is 17.9. The minimum atomic E-state index is -0.0695. The molecule has 8 heteroatoms. The van der Waals surface area contributed by atoms with Crippen molar-refractivity contribution in [3.63, 3.8) is 0 Å². The van der Waals surface area contributed by atoms with Gasteiger partial charge in [-0.05, 0) is 48.6 Å². The van der Waals surface area contributed by atoms with E-state index in [0.717, 1.165) is 37.6 Å². The molecule has 0 radical (unpaired) electrons. The lowest BCUT2D eigenvalue weighted by molar-refractivity contribution is -0.130. The van der Waals surface area contributed by atoms with Crippen LogP contribution in [0, 0.1) is 0 Å². The monoisotopic (exact) mass is 563 g/mol. The van der Waals surface area contributed by atoms with E-state index in [2.05, 4.69) is 63.6 Å². The Labute approximate surface area is 213 Å². The van der Waals surface area contributed by atoms with Crippen molar-refractivity contribution in [3.05, 3.63) is 66.4 Å². The molecule has 7 nitrogen and oxygen atoms in total. The molecule has 3 rings (SSSR count). The van der Waals surface area contributed by atoms with Gasteiger partial charge in [0.05, 0.1) is 6.54 Å². The van der Waals surface area contributed by atoms with Crippen LogP contribution in [0.1, 0.15) is 18.9 Å². The Bertz CT molecular complexity index is 1050. The third kappa shape index (κ3) is 8.27. The smallest absolute Gasteiger partial charge is 0.259 e. The lowest BCUT2D eigenvalue weighted by Crippen LogP contribution is -2.38. The summed E-state index contributed by atoms with van der Waals surface area (Å²) >= 11 is 0. The number of benzene rings is 2. The molecule has 0 unspecified atom stereocenters. The number of aromatic nitrogens is 1. The van der Waals surface area contributed by atoms with Crippen molar-refractivity contribution >= 4 is 46.7 Å². The maximum atomic E-state index is 11.7. The van der Waals surface area contributed by atoms with Crippen molar-refractivity contribution < 1.29 is 9.53 Å². The normalized spacial score (nSPS) is 11.1. The number of ether oxygens (including phenoxy) is 1. The third-order valence-corrected chi connectivity index (χ3v) is 5.07. The molecule has 0 spiro atoms. The average molecular weight is 563 g/mol. The summed E-state index contributed by atoms with van der Waals surface area (Å²) in [5.74, 6) is 1.39. The Morgan fingerprint density at radius 2 is 1.91 bits per heavy atom. The SMILES string of the molecule is CCNC(=NCc1cccc(OCC(=O)N(C)C)c1)NCCCn1ccc2ccccc21.I. The van der Waals surface area contributed by atoms with Crippen LogP contribution in [0.25, 0.3) is 10.9 Å². The molecular formula is C25H34IN5O2. The fraction of sp³-hybridized carbons (Fsp3) is 0.360. The van der Waals surface area contributed by atoms with Crippen molar-refractivity contribution in [2.45, 2.75) is 26.4 Å². The second-order valence-corrected chi connectivity index (χ2v) is 7.77. The van der Waals surface area contributed by atoms with Gasteiger partial charge in [0.2, 0.25) is 0 Å². The molecular weight excluding hydrogens is 529 g/mol. The van der Waals surface area contributed by atoms with Crippen molar-refractivity contribution in [1.82, 2.24) is 20.1 Å². The number of likely N-dealkylation sites (N-methyl/N-ethyl adjacent to an activating group) is 1. The van der Waals surface area contributed by atoms with Gasteiger partial charge in [-0.1, -0.05) is 30.3 Å². The van der Waals surface area contributed by atoms with E-state index in [1.165, 1.54) is 15.8 Å². The molecule has 0 aliphatic rings. The highest BCUT2D eigenvalue weighted by Crippen LogP contribution is 2.15. The Kier molecular flexibility index (Phi) is 11.0. The minimum Gasteiger partial charge on any atom is -0.484 e. The topological polar surface area (TPSA) is 70.9 Å². The zero-order valence-electron chi connectivity index (χ0n) is 19.6. The molecule has 0 aliphatic heterocycles. The van der Waals surface area contributed by atoms with Gasteiger partial charge in [-0.25, -0.2) is 4.99 Å². The van der Waals surface area contributed by atoms with Crippen molar-refractivity contribution in [1.29, 1.82) is 0 Å². The lowest BCUT2D eigenvalue weighted by Gasteiger charge is -2.13. The van der Waals surface area contributed by atoms with Gasteiger partial charge in [-0.3, -0.25) is 4.79 Å². The number of hydrogen-bond donors (Lipinski definition) is 2. The molecule has 2 aromatic carbocycles. The summed E-state index contributed by atoms with van der Waals surface area (Å²) in [5.41, 5.74) is 2.29. The molecule has 0 bridgehead atoms. The Balaban J connectivity index is 0.00000385. The second kappa shape index (κ2) is 13.7. The molecule has 1 aromatic heterocycles. The number of carbonyl (C=O) groups is 1. The number of hydrogen-bond acceptors (Lipinski definition) is 3. The number of rotatable bonds is 10. The number of guanidine groups is 1. The predicted octanol–water partition coefficient (Wildman–Crippen LogP) is 3.87. The van der Waals surface area contributed by atoms with Crippen LogP contribution in [0.5, 0.6) is 5.75 Å². The zero-order valence-corrected chi connectivity index (χ0v) is 21.9. The molecule has 3 aromatic rings. The molecule has 0 fully saturated rings. The number of nitrogens with zero attached hydrogens (tertiary/aromatic N) is 3. The molecule has 0 saturated heterocycles. The predicted molar refractivity (Wildman–Crippen MR) is 145 cm³/mol. The summed E-state index contributed by atoms with van der Waals surface area (Å²) in [5, 5.41) is 7.98. The fourth-order valence-corrected chi connectivity index (χ4v) is 3.31. The van der Waals surface area contributed by atoms with Gasteiger partial charge in [-0.2, -0.15) is 0 Å². The molecule has 178 valence electrons. The largest absolute Gasteiger partial charge is 0.484 e. The van der Waals surface area contributed by atoms with E-state index in [9.17, 15) is 4.79 Å². The minimum absolute atomic E-state index is 0. The van der Waals surface area contributed by atoms with Crippen LogP contribution in [-0.4, -0.2) is 55.1 Å². The van der Waals surface area contributed by atoms with Gasteiger partial charge < -0.3 is 24.8 Å². The number of fused-ring (bicyclic) bond motifs is 1. The van der Waals surface area contributed by atoms with Crippen molar-refractivity contribution in [2.24, 2.45) is 4.99 Å². The van der Waals surface area contributed by atoms with E-state index in [1.54, 1.807) is 14.1 Å². The van der Waals surface area contributed by atoms with Crippen LogP contribution < -0.4 is 15.4 Å².